The molecule has 0 spiro atoms. The van der Waals surface area contributed by atoms with Crippen molar-refractivity contribution in [1.82, 2.24) is 5.16 Å². The second-order valence-corrected chi connectivity index (χ2v) is 3.99. The van der Waals surface area contributed by atoms with E-state index in [1.807, 2.05) is 13.0 Å². The van der Waals surface area contributed by atoms with Crippen LogP contribution in [0.5, 0.6) is 0 Å². The van der Waals surface area contributed by atoms with E-state index < -0.39 is 0 Å². The summed E-state index contributed by atoms with van der Waals surface area (Å²) in [7, 11) is 0. The normalized spacial score (nSPS) is 28.2. The Balaban J connectivity index is 1.97. The van der Waals surface area contributed by atoms with Crippen LogP contribution < -0.4 is 5.73 Å². The summed E-state index contributed by atoms with van der Waals surface area (Å²) in [5, 5.41) is 3.87. The van der Waals surface area contributed by atoms with Crippen LogP contribution in [0.2, 0.25) is 0 Å². The Morgan fingerprint density at radius 3 is 3.00 bits per heavy atom. The molecule has 0 aliphatic heterocycles. The fourth-order valence-electron chi connectivity index (χ4n) is 2.09. The first-order chi connectivity index (χ1) is 6.25. The second kappa shape index (κ2) is 3.50. The van der Waals surface area contributed by atoms with Crippen molar-refractivity contribution in [2.24, 2.45) is 11.7 Å². The molecule has 2 N–H and O–H groups in total. The van der Waals surface area contributed by atoms with Crippen LogP contribution in [0.4, 0.5) is 0 Å². The van der Waals surface area contributed by atoms with E-state index in [0.717, 1.165) is 24.3 Å². The first kappa shape index (κ1) is 8.75. The third-order valence-electron chi connectivity index (χ3n) is 2.86. The average Bonchev–Trinajstić information content (AvgIpc) is 2.64. The molecule has 0 aromatic carbocycles. The van der Waals surface area contributed by atoms with Crippen LogP contribution in [-0.4, -0.2) is 11.2 Å². The number of rotatable bonds is 2. The minimum Gasteiger partial charge on any atom is -0.361 e. The van der Waals surface area contributed by atoms with Crippen molar-refractivity contribution in [3.8, 4) is 0 Å². The Labute approximate surface area is 78.3 Å². The van der Waals surface area contributed by atoms with E-state index in [1.165, 1.54) is 12.8 Å². The number of aromatic nitrogens is 1. The van der Waals surface area contributed by atoms with Gasteiger partial charge in [0.25, 0.3) is 0 Å². The lowest BCUT2D eigenvalue weighted by Gasteiger charge is -2.12. The molecule has 1 aromatic rings. The van der Waals surface area contributed by atoms with E-state index in [2.05, 4.69) is 5.16 Å². The van der Waals surface area contributed by atoms with Crippen LogP contribution in [0.15, 0.2) is 10.6 Å². The van der Waals surface area contributed by atoms with Crippen LogP contribution in [0, 0.1) is 12.8 Å². The molecule has 2 atom stereocenters. The maximum absolute atomic E-state index is 5.97. The quantitative estimate of drug-likeness (QED) is 0.753. The Morgan fingerprint density at radius 1 is 1.62 bits per heavy atom. The van der Waals surface area contributed by atoms with Gasteiger partial charge in [-0.2, -0.15) is 0 Å². The molecule has 0 amide bonds. The van der Waals surface area contributed by atoms with Gasteiger partial charge in [-0.15, -0.1) is 0 Å². The zero-order chi connectivity index (χ0) is 9.26. The lowest BCUT2D eigenvalue weighted by atomic mass is 9.99. The Morgan fingerprint density at radius 2 is 2.46 bits per heavy atom. The van der Waals surface area contributed by atoms with E-state index >= 15 is 0 Å². The van der Waals surface area contributed by atoms with E-state index in [9.17, 15) is 0 Å². The van der Waals surface area contributed by atoms with Crippen molar-refractivity contribution in [2.45, 2.75) is 38.6 Å². The summed E-state index contributed by atoms with van der Waals surface area (Å²) in [6.07, 6.45) is 4.62. The summed E-state index contributed by atoms with van der Waals surface area (Å²) in [5.74, 6) is 1.59. The molecule has 3 nitrogen and oxygen atoms in total. The van der Waals surface area contributed by atoms with Gasteiger partial charge in [-0.3, -0.25) is 0 Å². The number of hydrogen-bond acceptors (Lipinski definition) is 3. The summed E-state index contributed by atoms with van der Waals surface area (Å²) >= 11 is 0. The van der Waals surface area contributed by atoms with Crippen molar-refractivity contribution in [3.63, 3.8) is 0 Å². The zero-order valence-electron chi connectivity index (χ0n) is 7.99. The summed E-state index contributed by atoms with van der Waals surface area (Å²) in [4.78, 5) is 0. The Bertz CT molecular complexity index is 282. The summed E-state index contributed by atoms with van der Waals surface area (Å²) in [5.41, 5.74) is 6.93. The molecule has 0 saturated heterocycles. The molecule has 3 heteroatoms. The van der Waals surface area contributed by atoms with Gasteiger partial charge < -0.3 is 10.3 Å². The van der Waals surface area contributed by atoms with Crippen LogP contribution in [0.3, 0.4) is 0 Å². The predicted molar refractivity (Wildman–Crippen MR) is 50.3 cm³/mol. The SMILES string of the molecule is Cc1cc(C[C@H]2CCC[C@@H]2N)on1. The summed E-state index contributed by atoms with van der Waals surface area (Å²) in [6.45, 7) is 1.95. The standard InChI is InChI=1S/C10H16N2O/c1-7-5-9(13-12-7)6-8-3-2-4-10(8)11/h5,8,10H,2-4,6,11H2,1H3/t8-,10+/m1/s1. The van der Waals surface area contributed by atoms with Gasteiger partial charge in [0, 0.05) is 18.5 Å². The lowest BCUT2D eigenvalue weighted by molar-refractivity contribution is 0.347. The number of nitrogens with two attached hydrogens (primary N) is 1. The van der Waals surface area contributed by atoms with E-state index in [-0.39, 0.29) is 0 Å². The highest BCUT2D eigenvalue weighted by atomic mass is 16.5. The maximum atomic E-state index is 5.97. The fourth-order valence-corrected chi connectivity index (χ4v) is 2.09. The molecule has 1 saturated carbocycles. The van der Waals surface area contributed by atoms with E-state index in [1.54, 1.807) is 0 Å². The number of hydrogen-bond donors (Lipinski definition) is 1. The van der Waals surface area contributed by atoms with Gasteiger partial charge in [0.15, 0.2) is 0 Å². The van der Waals surface area contributed by atoms with Gasteiger partial charge in [-0.05, 0) is 25.7 Å². The van der Waals surface area contributed by atoms with Gasteiger partial charge in [-0.25, -0.2) is 0 Å². The fraction of sp³-hybridized carbons (Fsp3) is 0.700. The van der Waals surface area contributed by atoms with E-state index in [4.69, 9.17) is 10.3 Å². The number of nitrogens with zero attached hydrogens (tertiary/aromatic N) is 1. The third-order valence-corrected chi connectivity index (χ3v) is 2.86. The van der Waals surface area contributed by atoms with Crippen molar-refractivity contribution in [3.05, 3.63) is 17.5 Å². The average molecular weight is 180 g/mol. The van der Waals surface area contributed by atoms with Crippen molar-refractivity contribution >= 4 is 0 Å². The van der Waals surface area contributed by atoms with Crippen LogP contribution >= 0.6 is 0 Å². The molecular weight excluding hydrogens is 164 g/mol. The predicted octanol–water partition coefficient (Wildman–Crippen LogP) is 1.65. The minimum absolute atomic E-state index is 0.366. The number of aryl methyl sites for hydroxylation is 1. The monoisotopic (exact) mass is 180 g/mol. The largest absolute Gasteiger partial charge is 0.361 e. The molecule has 72 valence electrons. The maximum Gasteiger partial charge on any atom is 0.137 e. The van der Waals surface area contributed by atoms with Gasteiger partial charge in [-0.1, -0.05) is 11.6 Å². The summed E-state index contributed by atoms with van der Waals surface area (Å²) in [6, 6.07) is 2.37. The zero-order valence-corrected chi connectivity index (χ0v) is 7.99. The lowest BCUT2D eigenvalue weighted by Crippen LogP contribution is -2.25. The molecule has 1 aliphatic rings. The highest BCUT2D eigenvalue weighted by Crippen LogP contribution is 2.27. The Kier molecular flexibility index (Phi) is 2.36. The highest BCUT2D eigenvalue weighted by molar-refractivity contribution is 5.05. The molecule has 13 heavy (non-hydrogen) atoms. The Hall–Kier alpha value is -0.830. The molecule has 0 unspecified atom stereocenters. The highest BCUT2D eigenvalue weighted by Gasteiger charge is 2.25. The first-order valence-electron chi connectivity index (χ1n) is 4.93. The molecule has 1 aromatic heterocycles. The second-order valence-electron chi connectivity index (χ2n) is 3.99. The van der Waals surface area contributed by atoms with Crippen molar-refractivity contribution in [1.29, 1.82) is 0 Å². The molecule has 1 fully saturated rings. The van der Waals surface area contributed by atoms with Gasteiger partial charge in [0.05, 0.1) is 5.69 Å². The van der Waals surface area contributed by atoms with Crippen LogP contribution in [0.1, 0.15) is 30.7 Å². The van der Waals surface area contributed by atoms with Crippen molar-refractivity contribution in [2.75, 3.05) is 0 Å². The summed E-state index contributed by atoms with van der Waals surface area (Å²) < 4.78 is 5.17. The van der Waals surface area contributed by atoms with Gasteiger partial charge in [0.1, 0.15) is 5.76 Å². The third kappa shape index (κ3) is 1.91. The van der Waals surface area contributed by atoms with Crippen LogP contribution in [-0.2, 0) is 6.42 Å². The minimum atomic E-state index is 0.366. The smallest absolute Gasteiger partial charge is 0.137 e. The molecular formula is C10H16N2O. The molecule has 0 bridgehead atoms. The topological polar surface area (TPSA) is 52.0 Å². The van der Waals surface area contributed by atoms with Crippen molar-refractivity contribution < 1.29 is 4.52 Å². The first-order valence-corrected chi connectivity index (χ1v) is 4.93. The van der Waals surface area contributed by atoms with Crippen LogP contribution in [0.25, 0.3) is 0 Å². The van der Waals surface area contributed by atoms with E-state index in [0.29, 0.717) is 12.0 Å². The molecule has 0 radical (unpaired) electrons. The van der Waals surface area contributed by atoms with Gasteiger partial charge in [0.2, 0.25) is 0 Å². The molecule has 2 rings (SSSR count). The molecule has 1 aliphatic carbocycles. The van der Waals surface area contributed by atoms with Gasteiger partial charge >= 0.3 is 0 Å². The molecule has 1 heterocycles.